The zero-order valence-electron chi connectivity index (χ0n) is 16.8. The summed E-state index contributed by atoms with van der Waals surface area (Å²) in [7, 11) is 0. The average molecular weight is 451 g/mol. The van der Waals surface area contributed by atoms with E-state index in [1.54, 1.807) is 0 Å². The summed E-state index contributed by atoms with van der Waals surface area (Å²) in [6.45, 7) is 1.49. The van der Waals surface area contributed by atoms with Gasteiger partial charge < -0.3 is 15.2 Å². The first kappa shape index (κ1) is 23.0. The van der Waals surface area contributed by atoms with Crippen LogP contribution in [-0.4, -0.2) is 35.3 Å². The highest BCUT2D eigenvalue weighted by atomic mass is 19.4. The van der Waals surface area contributed by atoms with Crippen LogP contribution >= 0.6 is 0 Å². The van der Waals surface area contributed by atoms with Crippen molar-refractivity contribution in [3.8, 4) is 11.9 Å². The number of rotatable bonds is 3. The quantitative estimate of drug-likeness (QED) is 0.687. The van der Waals surface area contributed by atoms with E-state index in [-0.39, 0.29) is 22.7 Å². The molecule has 0 spiro atoms. The first-order valence-electron chi connectivity index (χ1n) is 9.09. The molecular weight excluding hydrogens is 434 g/mol. The standard InChI is InChI=1S/C20H17F4N5O3/c1-18(10-31-19(2,16(26)29-18)20(22,23)24)13-7-12(4-5-14(13)21)28-17(30)32-15-6-3-11(8-25)9-27-15/h3-7,9H,10H2,1-2H3,(H2,26,29)(H,28,30)/t18-,19+/m0/s1. The Hall–Kier alpha value is -3.72. The number of carbonyl (C=O) groups excluding carboxylic acids is 1. The number of pyridine rings is 1. The highest BCUT2D eigenvalue weighted by Gasteiger charge is 2.59. The number of hydrogen-bond acceptors (Lipinski definition) is 7. The third kappa shape index (κ3) is 4.33. The average Bonchev–Trinajstić information content (AvgIpc) is 2.72. The second-order valence-electron chi connectivity index (χ2n) is 7.30. The predicted molar refractivity (Wildman–Crippen MR) is 104 cm³/mol. The largest absolute Gasteiger partial charge is 0.424 e. The molecule has 0 fully saturated rings. The molecule has 0 saturated carbocycles. The van der Waals surface area contributed by atoms with E-state index in [1.807, 2.05) is 6.07 Å². The smallest absolute Gasteiger partial charge is 0.391 e. The van der Waals surface area contributed by atoms with E-state index in [0.717, 1.165) is 13.0 Å². The molecule has 2 atom stereocenters. The number of nitrogens with zero attached hydrogens (tertiary/aromatic N) is 3. The number of hydrogen-bond donors (Lipinski definition) is 2. The van der Waals surface area contributed by atoms with Crippen molar-refractivity contribution in [1.29, 1.82) is 5.26 Å². The van der Waals surface area contributed by atoms with Gasteiger partial charge in [0.2, 0.25) is 11.5 Å². The molecule has 0 unspecified atom stereocenters. The van der Waals surface area contributed by atoms with Crippen molar-refractivity contribution >= 4 is 17.6 Å². The number of halogens is 4. The number of amides is 1. The van der Waals surface area contributed by atoms with Crippen LogP contribution in [0.5, 0.6) is 5.88 Å². The molecule has 32 heavy (non-hydrogen) atoms. The molecule has 8 nitrogen and oxygen atoms in total. The Morgan fingerprint density at radius 1 is 1.31 bits per heavy atom. The highest BCUT2D eigenvalue weighted by molar-refractivity contribution is 5.91. The molecule has 168 valence electrons. The number of carbonyl (C=O) groups is 1. The Morgan fingerprint density at radius 2 is 2.03 bits per heavy atom. The molecule has 3 N–H and O–H groups in total. The maximum Gasteiger partial charge on any atom is 0.424 e. The maximum absolute atomic E-state index is 14.5. The Kier molecular flexibility index (Phi) is 5.80. The summed E-state index contributed by atoms with van der Waals surface area (Å²) >= 11 is 0. The minimum atomic E-state index is -4.81. The molecule has 1 aromatic carbocycles. The Labute approximate surface area is 179 Å². The van der Waals surface area contributed by atoms with Gasteiger partial charge in [-0.1, -0.05) is 0 Å². The van der Waals surface area contributed by atoms with Gasteiger partial charge in [0.15, 0.2) is 0 Å². The van der Waals surface area contributed by atoms with Crippen molar-refractivity contribution in [3.05, 3.63) is 53.5 Å². The Balaban J connectivity index is 1.82. The molecule has 2 heterocycles. The van der Waals surface area contributed by atoms with E-state index in [0.29, 0.717) is 0 Å². The topological polar surface area (TPSA) is 123 Å². The lowest BCUT2D eigenvalue weighted by molar-refractivity contribution is -0.249. The van der Waals surface area contributed by atoms with E-state index < -0.39 is 41.7 Å². The number of alkyl halides is 3. The number of amidine groups is 1. The molecule has 1 amide bonds. The third-order valence-electron chi connectivity index (χ3n) is 4.89. The van der Waals surface area contributed by atoms with Crippen LogP contribution in [0.4, 0.5) is 28.0 Å². The van der Waals surface area contributed by atoms with Gasteiger partial charge in [-0.25, -0.2) is 14.2 Å². The first-order valence-corrected chi connectivity index (χ1v) is 9.09. The van der Waals surface area contributed by atoms with E-state index in [4.69, 9.17) is 20.5 Å². The number of benzene rings is 1. The molecular formula is C20H17F4N5O3. The van der Waals surface area contributed by atoms with Crippen LogP contribution in [0.15, 0.2) is 41.5 Å². The van der Waals surface area contributed by atoms with Gasteiger partial charge >= 0.3 is 12.3 Å². The maximum atomic E-state index is 14.5. The fourth-order valence-electron chi connectivity index (χ4n) is 2.89. The lowest BCUT2D eigenvalue weighted by atomic mass is 9.89. The summed E-state index contributed by atoms with van der Waals surface area (Å²) in [5.74, 6) is -1.71. The molecule has 0 saturated heterocycles. The molecule has 0 aliphatic carbocycles. The zero-order valence-corrected chi connectivity index (χ0v) is 16.8. The van der Waals surface area contributed by atoms with Gasteiger partial charge in [-0.3, -0.25) is 10.3 Å². The SMILES string of the molecule is C[C@@]1(c2cc(NC(=O)Oc3ccc(C#N)cn3)ccc2F)CO[C@@](C)(C(F)(F)F)C(N)=N1. The summed E-state index contributed by atoms with van der Waals surface area (Å²) in [5, 5.41) is 11.1. The summed E-state index contributed by atoms with van der Waals surface area (Å²) in [5.41, 5.74) is 1.40. The molecule has 12 heteroatoms. The first-order chi connectivity index (χ1) is 14.9. The summed E-state index contributed by atoms with van der Waals surface area (Å²) in [6, 6.07) is 8.00. The van der Waals surface area contributed by atoms with E-state index >= 15 is 0 Å². The zero-order chi connectivity index (χ0) is 23.7. The highest BCUT2D eigenvalue weighted by Crippen LogP contribution is 2.41. The monoisotopic (exact) mass is 451 g/mol. The Bertz CT molecular complexity index is 1110. The van der Waals surface area contributed by atoms with Crippen LogP contribution in [0.1, 0.15) is 25.0 Å². The summed E-state index contributed by atoms with van der Waals surface area (Å²) in [6.07, 6.45) is -4.57. The van der Waals surface area contributed by atoms with Gasteiger partial charge in [0.1, 0.15) is 23.3 Å². The molecule has 1 aliphatic rings. The third-order valence-corrected chi connectivity index (χ3v) is 4.89. The van der Waals surface area contributed by atoms with E-state index in [2.05, 4.69) is 15.3 Å². The van der Waals surface area contributed by atoms with Crippen molar-refractivity contribution in [1.82, 2.24) is 4.98 Å². The van der Waals surface area contributed by atoms with Crippen LogP contribution in [0, 0.1) is 17.1 Å². The van der Waals surface area contributed by atoms with Gasteiger partial charge in [0, 0.05) is 23.5 Å². The number of nitrogens with two attached hydrogens (primary N) is 1. The number of nitrogens with one attached hydrogen (secondary N) is 1. The van der Waals surface area contributed by atoms with E-state index in [9.17, 15) is 22.4 Å². The van der Waals surface area contributed by atoms with Crippen molar-refractivity contribution in [2.24, 2.45) is 10.7 Å². The van der Waals surface area contributed by atoms with Crippen molar-refractivity contribution in [3.63, 3.8) is 0 Å². The lowest BCUT2D eigenvalue weighted by Crippen LogP contribution is -2.60. The van der Waals surface area contributed by atoms with Crippen LogP contribution in [0.2, 0.25) is 0 Å². The van der Waals surface area contributed by atoms with Crippen LogP contribution in [-0.2, 0) is 10.3 Å². The molecule has 1 aromatic heterocycles. The second kappa shape index (κ2) is 8.08. The van der Waals surface area contributed by atoms with E-state index in [1.165, 1.54) is 37.4 Å². The molecule has 3 rings (SSSR count). The number of nitriles is 1. The van der Waals surface area contributed by atoms with Gasteiger partial charge in [0.05, 0.1) is 12.2 Å². The van der Waals surface area contributed by atoms with Gasteiger partial charge in [-0.05, 0) is 38.1 Å². The van der Waals surface area contributed by atoms with Gasteiger partial charge in [0.25, 0.3) is 0 Å². The normalized spacial score (nSPS) is 23.1. The molecule has 0 bridgehead atoms. The van der Waals surface area contributed by atoms with Gasteiger partial charge in [-0.2, -0.15) is 18.4 Å². The predicted octanol–water partition coefficient (Wildman–Crippen LogP) is 3.63. The second-order valence-corrected chi connectivity index (χ2v) is 7.30. The fourth-order valence-corrected chi connectivity index (χ4v) is 2.89. The minimum absolute atomic E-state index is 0.0826. The molecule has 1 aliphatic heterocycles. The van der Waals surface area contributed by atoms with Crippen molar-refractivity contribution in [2.45, 2.75) is 31.2 Å². The minimum Gasteiger partial charge on any atom is -0.391 e. The van der Waals surface area contributed by atoms with Crippen molar-refractivity contribution in [2.75, 3.05) is 11.9 Å². The van der Waals surface area contributed by atoms with Crippen molar-refractivity contribution < 1.29 is 31.8 Å². The van der Waals surface area contributed by atoms with Gasteiger partial charge in [-0.15, -0.1) is 0 Å². The number of anilines is 1. The molecule has 2 aromatic rings. The summed E-state index contributed by atoms with van der Waals surface area (Å²) in [4.78, 5) is 19.8. The summed E-state index contributed by atoms with van der Waals surface area (Å²) < 4.78 is 64.4. The fraction of sp³-hybridized carbons (Fsp3) is 0.300. The molecule has 0 radical (unpaired) electrons. The lowest BCUT2D eigenvalue weighted by Gasteiger charge is -2.41. The van der Waals surface area contributed by atoms with Crippen LogP contribution in [0.25, 0.3) is 0 Å². The van der Waals surface area contributed by atoms with Crippen LogP contribution < -0.4 is 15.8 Å². The Morgan fingerprint density at radius 3 is 2.59 bits per heavy atom. The van der Waals surface area contributed by atoms with Crippen LogP contribution in [0.3, 0.4) is 0 Å². The number of ether oxygens (including phenoxy) is 2. The number of aromatic nitrogens is 1. The number of aliphatic imine (C=N–C) groups is 1.